The van der Waals surface area contributed by atoms with Crippen LogP contribution in [-0.2, 0) is 0 Å². The molecule has 0 saturated carbocycles. The summed E-state index contributed by atoms with van der Waals surface area (Å²) in [5, 5.41) is 11.5. The van der Waals surface area contributed by atoms with E-state index in [4.69, 9.17) is 11.1 Å². The van der Waals surface area contributed by atoms with Crippen molar-refractivity contribution in [2.45, 2.75) is 0 Å². The molecule has 1 aromatic carbocycles. The maximum atomic E-state index is 12.1. The van der Waals surface area contributed by atoms with Crippen LogP contribution in [0.15, 0.2) is 42.7 Å². The third kappa shape index (κ3) is 2.86. The molecule has 0 radical (unpaired) electrons. The molecule has 19 heavy (non-hydrogen) atoms. The van der Waals surface area contributed by atoms with Gasteiger partial charge in [0, 0.05) is 11.9 Å². The standard InChI is InChI=1S/C13H11N5O/c14-7-9-2-1-3-10(6-9)17-13(19)11-4-5-16-8-12(11)18-15/h1-6,8,18H,15H2,(H,17,19). The number of hydrogen-bond acceptors (Lipinski definition) is 5. The lowest BCUT2D eigenvalue weighted by atomic mass is 10.2. The first kappa shape index (κ1) is 12.5. The number of hydrogen-bond donors (Lipinski definition) is 3. The second-order valence-corrected chi connectivity index (χ2v) is 3.71. The number of pyridine rings is 1. The molecule has 6 heteroatoms. The third-order valence-electron chi connectivity index (χ3n) is 2.47. The lowest BCUT2D eigenvalue weighted by Crippen LogP contribution is -2.17. The SMILES string of the molecule is N#Cc1cccc(NC(=O)c2ccncc2NN)c1. The molecule has 0 aliphatic heterocycles. The zero-order valence-corrected chi connectivity index (χ0v) is 9.92. The molecule has 0 spiro atoms. The van der Waals surface area contributed by atoms with Gasteiger partial charge in [-0.05, 0) is 24.3 Å². The van der Waals surface area contributed by atoms with Gasteiger partial charge >= 0.3 is 0 Å². The Labute approximate surface area is 109 Å². The number of nitrogens with two attached hydrogens (primary N) is 1. The number of benzene rings is 1. The molecule has 4 N–H and O–H groups in total. The average molecular weight is 253 g/mol. The molecule has 0 fully saturated rings. The van der Waals surface area contributed by atoms with E-state index in [2.05, 4.69) is 15.7 Å². The number of nitrogens with zero attached hydrogens (tertiary/aromatic N) is 2. The van der Waals surface area contributed by atoms with Crippen molar-refractivity contribution < 1.29 is 4.79 Å². The maximum Gasteiger partial charge on any atom is 0.257 e. The number of rotatable bonds is 3. The fourth-order valence-corrected chi connectivity index (χ4v) is 1.57. The van der Waals surface area contributed by atoms with Gasteiger partial charge in [0.2, 0.25) is 0 Å². The fraction of sp³-hybridized carbons (Fsp3) is 0. The highest BCUT2D eigenvalue weighted by Gasteiger charge is 2.11. The largest absolute Gasteiger partial charge is 0.322 e. The number of hydrazine groups is 1. The van der Waals surface area contributed by atoms with Crippen molar-refractivity contribution in [2.75, 3.05) is 10.7 Å². The summed E-state index contributed by atoms with van der Waals surface area (Å²) in [4.78, 5) is 15.9. The number of aromatic nitrogens is 1. The van der Waals surface area contributed by atoms with Crippen LogP contribution in [0.5, 0.6) is 0 Å². The first-order chi connectivity index (χ1) is 9.24. The lowest BCUT2D eigenvalue weighted by Gasteiger charge is -2.09. The number of nitriles is 1. The number of nitrogens with one attached hydrogen (secondary N) is 2. The van der Waals surface area contributed by atoms with Crippen LogP contribution in [0.25, 0.3) is 0 Å². The number of nitrogen functional groups attached to an aromatic ring is 1. The third-order valence-corrected chi connectivity index (χ3v) is 2.47. The van der Waals surface area contributed by atoms with E-state index in [9.17, 15) is 4.79 Å². The molecule has 0 saturated heterocycles. The normalized spacial score (nSPS) is 9.47. The van der Waals surface area contributed by atoms with Crippen molar-refractivity contribution in [1.29, 1.82) is 5.26 Å². The Morgan fingerprint density at radius 3 is 2.95 bits per heavy atom. The van der Waals surface area contributed by atoms with Crippen molar-refractivity contribution in [1.82, 2.24) is 4.98 Å². The minimum absolute atomic E-state index is 0.328. The monoisotopic (exact) mass is 253 g/mol. The van der Waals surface area contributed by atoms with Crippen LogP contribution >= 0.6 is 0 Å². The first-order valence-corrected chi connectivity index (χ1v) is 5.46. The predicted molar refractivity (Wildman–Crippen MR) is 71.2 cm³/mol. The summed E-state index contributed by atoms with van der Waals surface area (Å²) in [6.45, 7) is 0. The summed E-state index contributed by atoms with van der Waals surface area (Å²) in [5.41, 5.74) is 4.23. The number of anilines is 2. The van der Waals surface area contributed by atoms with Gasteiger partial charge in [-0.15, -0.1) is 0 Å². The van der Waals surface area contributed by atoms with Crippen LogP contribution in [0.1, 0.15) is 15.9 Å². The molecule has 1 amide bonds. The highest BCUT2D eigenvalue weighted by atomic mass is 16.1. The van der Waals surface area contributed by atoms with Crippen LogP contribution in [0.4, 0.5) is 11.4 Å². The maximum absolute atomic E-state index is 12.1. The van der Waals surface area contributed by atoms with E-state index in [1.807, 2.05) is 6.07 Å². The van der Waals surface area contributed by atoms with Crippen LogP contribution in [-0.4, -0.2) is 10.9 Å². The molecule has 6 nitrogen and oxygen atoms in total. The highest BCUT2D eigenvalue weighted by Crippen LogP contribution is 2.16. The van der Waals surface area contributed by atoms with Gasteiger partial charge in [0.1, 0.15) is 0 Å². The lowest BCUT2D eigenvalue weighted by molar-refractivity contribution is 0.102. The summed E-state index contributed by atoms with van der Waals surface area (Å²) in [5.74, 6) is 4.99. The van der Waals surface area contributed by atoms with Gasteiger partial charge in [0.05, 0.1) is 29.1 Å². The molecular formula is C13H11N5O. The van der Waals surface area contributed by atoms with E-state index in [-0.39, 0.29) is 5.91 Å². The summed E-state index contributed by atoms with van der Waals surface area (Å²) >= 11 is 0. The van der Waals surface area contributed by atoms with Gasteiger partial charge in [-0.25, -0.2) is 0 Å². The molecule has 0 aliphatic rings. The van der Waals surface area contributed by atoms with Gasteiger partial charge in [-0.3, -0.25) is 15.6 Å². The summed E-state index contributed by atoms with van der Waals surface area (Å²) in [7, 11) is 0. The Morgan fingerprint density at radius 1 is 1.37 bits per heavy atom. The summed E-state index contributed by atoms with van der Waals surface area (Å²) in [6.07, 6.45) is 2.96. The van der Waals surface area contributed by atoms with Gasteiger partial charge in [-0.1, -0.05) is 6.07 Å². The van der Waals surface area contributed by atoms with E-state index in [1.54, 1.807) is 30.3 Å². The molecule has 94 valence electrons. The van der Waals surface area contributed by atoms with Crippen molar-refractivity contribution in [3.63, 3.8) is 0 Å². The van der Waals surface area contributed by atoms with Crippen LogP contribution in [0.3, 0.4) is 0 Å². The summed E-state index contributed by atoms with van der Waals surface area (Å²) < 4.78 is 0. The van der Waals surface area contributed by atoms with Gasteiger partial charge in [0.25, 0.3) is 5.91 Å². The Morgan fingerprint density at radius 2 is 2.21 bits per heavy atom. The van der Waals surface area contributed by atoms with E-state index in [0.717, 1.165) is 0 Å². The molecule has 0 aliphatic carbocycles. The number of carbonyl (C=O) groups excluding carboxylic acids is 1. The smallest absolute Gasteiger partial charge is 0.257 e. The van der Waals surface area contributed by atoms with Crippen molar-refractivity contribution in [3.05, 3.63) is 53.9 Å². The topological polar surface area (TPSA) is 104 Å². The zero-order valence-electron chi connectivity index (χ0n) is 9.92. The van der Waals surface area contributed by atoms with E-state index < -0.39 is 0 Å². The van der Waals surface area contributed by atoms with Crippen LogP contribution < -0.4 is 16.6 Å². The quantitative estimate of drug-likeness (QED) is 0.568. The Bertz CT molecular complexity index is 647. The molecule has 1 aromatic heterocycles. The minimum atomic E-state index is -0.328. The summed E-state index contributed by atoms with van der Waals surface area (Å²) in [6, 6.07) is 10.2. The van der Waals surface area contributed by atoms with Crippen molar-refractivity contribution in [2.24, 2.45) is 5.84 Å². The van der Waals surface area contributed by atoms with Gasteiger partial charge in [-0.2, -0.15) is 5.26 Å². The predicted octanol–water partition coefficient (Wildman–Crippen LogP) is 1.49. The second-order valence-electron chi connectivity index (χ2n) is 3.71. The van der Waals surface area contributed by atoms with E-state index in [1.165, 1.54) is 12.4 Å². The first-order valence-electron chi connectivity index (χ1n) is 5.46. The van der Waals surface area contributed by atoms with E-state index >= 15 is 0 Å². The molecule has 0 bridgehead atoms. The average Bonchev–Trinajstić information content (AvgIpc) is 2.47. The Hall–Kier alpha value is -2.91. The molecule has 0 atom stereocenters. The number of amides is 1. The molecular weight excluding hydrogens is 242 g/mol. The highest BCUT2D eigenvalue weighted by molar-refractivity contribution is 6.07. The number of carbonyl (C=O) groups is 1. The minimum Gasteiger partial charge on any atom is -0.322 e. The Kier molecular flexibility index (Phi) is 3.71. The molecule has 1 heterocycles. The zero-order chi connectivity index (χ0) is 13.7. The fourth-order valence-electron chi connectivity index (χ4n) is 1.57. The second kappa shape index (κ2) is 5.62. The van der Waals surface area contributed by atoms with Gasteiger partial charge in [0.15, 0.2) is 0 Å². The molecule has 0 unspecified atom stereocenters. The van der Waals surface area contributed by atoms with Gasteiger partial charge < -0.3 is 10.7 Å². The molecule has 2 aromatic rings. The van der Waals surface area contributed by atoms with E-state index in [0.29, 0.717) is 22.5 Å². The van der Waals surface area contributed by atoms with Crippen molar-refractivity contribution in [3.8, 4) is 6.07 Å². The molecule has 2 rings (SSSR count). The van der Waals surface area contributed by atoms with Crippen LogP contribution in [0.2, 0.25) is 0 Å². The van der Waals surface area contributed by atoms with Crippen LogP contribution in [0, 0.1) is 11.3 Å². The van der Waals surface area contributed by atoms with Crippen molar-refractivity contribution >= 4 is 17.3 Å². The Balaban J connectivity index is 2.23.